The molecule has 1 aromatic heterocycles. The first-order chi connectivity index (χ1) is 14.4. The standard InChI is InChI=1S/C22H24N4O4/c1-4-6-20-21(15(2)23-14-16-7-5-8-19(13-16)30-3)22(27)25(24-20)17-9-11-18(12-10-17)26(28)29/h5,7-13,24H,4,6,14H2,1-3H3. The van der Waals surface area contributed by atoms with Crippen LogP contribution < -0.4 is 10.3 Å². The number of aryl methyl sites for hydroxylation is 1. The Hall–Kier alpha value is -3.68. The number of hydrogen-bond acceptors (Lipinski definition) is 5. The van der Waals surface area contributed by atoms with E-state index in [9.17, 15) is 14.9 Å². The Bertz CT molecular complexity index is 1130. The number of hydrogen-bond donors (Lipinski definition) is 1. The van der Waals surface area contributed by atoms with E-state index in [0.717, 1.165) is 23.4 Å². The van der Waals surface area contributed by atoms with Crippen LogP contribution in [0.2, 0.25) is 0 Å². The molecule has 0 aliphatic carbocycles. The van der Waals surface area contributed by atoms with Crippen molar-refractivity contribution in [3.05, 3.63) is 85.8 Å². The summed E-state index contributed by atoms with van der Waals surface area (Å²) in [5, 5.41) is 14.0. The maximum absolute atomic E-state index is 13.1. The second-order valence-corrected chi connectivity index (χ2v) is 6.88. The lowest BCUT2D eigenvalue weighted by molar-refractivity contribution is -0.384. The molecule has 8 heteroatoms. The average Bonchev–Trinajstić information content (AvgIpc) is 3.08. The van der Waals surface area contributed by atoms with Crippen molar-refractivity contribution in [3.8, 4) is 11.4 Å². The Morgan fingerprint density at radius 2 is 1.97 bits per heavy atom. The molecule has 30 heavy (non-hydrogen) atoms. The number of aromatic amines is 1. The van der Waals surface area contributed by atoms with Gasteiger partial charge in [-0.1, -0.05) is 25.5 Å². The third kappa shape index (κ3) is 4.48. The van der Waals surface area contributed by atoms with Gasteiger partial charge in [-0.25, -0.2) is 4.68 Å². The first-order valence-corrected chi connectivity index (χ1v) is 9.67. The first kappa shape index (κ1) is 21.0. The molecular formula is C22H24N4O4. The highest BCUT2D eigenvalue weighted by molar-refractivity contribution is 5.99. The third-order valence-electron chi connectivity index (χ3n) is 4.78. The lowest BCUT2D eigenvalue weighted by Crippen LogP contribution is -2.20. The lowest BCUT2D eigenvalue weighted by atomic mass is 10.1. The Morgan fingerprint density at radius 3 is 2.60 bits per heavy atom. The van der Waals surface area contributed by atoms with Gasteiger partial charge in [-0.05, 0) is 43.2 Å². The Balaban J connectivity index is 1.96. The molecule has 0 radical (unpaired) electrons. The van der Waals surface area contributed by atoms with Gasteiger partial charge in [0.25, 0.3) is 11.2 Å². The number of aliphatic imine (C=N–C) groups is 1. The predicted octanol–water partition coefficient (Wildman–Crippen LogP) is 4.04. The van der Waals surface area contributed by atoms with Crippen molar-refractivity contribution in [1.82, 2.24) is 9.78 Å². The minimum Gasteiger partial charge on any atom is -0.497 e. The predicted molar refractivity (Wildman–Crippen MR) is 116 cm³/mol. The van der Waals surface area contributed by atoms with Gasteiger partial charge in [0.2, 0.25) is 0 Å². The van der Waals surface area contributed by atoms with Gasteiger partial charge < -0.3 is 4.74 Å². The number of nitrogens with zero attached hydrogens (tertiary/aromatic N) is 3. The highest BCUT2D eigenvalue weighted by Crippen LogP contribution is 2.17. The molecule has 0 saturated heterocycles. The van der Waals surface area contributed by atoms with Crippen molar-refractivity contribution in [2.45, 2.75) is 33.2 Å². The second kappa shape index (κ2) is 9.21. The van der Waals surface area contributed by atoms with E-state index in [1.165, 1.54) is 16.8 Å². The molecule has 0 atom stereocenters. The lowest BCUT2D eigenvalue weighted by Gasteiger charge is -2.04. The summed E-state index contributed by atoms with van der Waals surface area (Å²) in [4.78, 5) is 28.2. The average molecular weight is 408 g/mol. The molecule has 3 aromatic rings. The fourth-order valence-corrected chi connectivity index (χ4v) is 3.25. The first-order valence-electron chi connectivity index (χ1n) is 9.67. The number of H-pyrrole nitrogens is 1. The smallest absolute Gasteiger partial charge is 0.280 e. The molecule has 156 valence electrons. The molecule has 1 heterocycles. The summed E-state index contributed by atoms with van der Waals surface area (Å²) in [6, 6.07) is 13.5. The maximum atomic E-state index is 13.1. The molecule has 0 aliphatic rings. The summed E-state index contributed by atoms with van der Waals surface area (Å²) >= 11 is 0. The van der Waals surface area contributed by atoms with E-state index in [1.54, 1.807) is 19.2 Å². The molecule has 8 nitrogen and oxygen atoms in total. The van der Waals surface area contributed by atoms with E-state index in [-0.39, 0.29) is 11.2 Å². The zero-order valence-corrected chi connectivity index (χ0v) is 17.2. The zero-order chi connectivity index (χ0) is 21.7. The van der Waals surface area contributed by atoms with E-state index in [2.05, 4.69) is 10.1 Å². The van der Waals surface area contributed by atoms with Crippen LogP contribution in [0.1, 0.15) is 37.1 Å². The fourth-order valence-electron chi connectivity index (χ4n) is 3.25. The molecule has 0 aliphatic heterocycles. The highest BCUT2D eigenvalue weighted by atomic mass is 16.6. The van der Waals surface area contributed by atoms with Crippen LogP contribution in [0.4, 0.5) is 5.69 Å². The number of methoxy groups -OCH3 is 1. The van der Waals surface area contributed by atoms with Gasteiger partial charge in [0.05, 0.1) is 29.8 Å². The van der Waals surface area contributed by atoms with Crippen LogP contribution in [0, 0.1) is 10.1 Å². The maximum Gasteiger partial charge on any atom is 0.280 e. The van der Waals surface area contributed by atoms with Crippen molar-refractivity contribution in [2.75, 3.05) is 7.11 Å². The van der Waals surface area contributed by atoms with Gasteiger partial charge in [-0.3, -0.25) is 25.0 Å². The number of nitro benzene ring substituents is 1. The van der Waals surface area contributed by atoms with Gasteiger partial charge in [0.1, 0.15) is 5.75 Å². The van der Waals surface area contributed by atoms with Gasteiger partial charge in [-0.15, -0.1) is 0 Å². The van der Waals surface area contributed by atoms with Gasteiger partial charge in [0.15, 0.2) is 0 Å². The molecule has 0 amide bonds. The molecule has 0 bridgehead atoms. The molecule has 0 unspecified atom stereocenters. The summed E-state index contributed by atoms with van der Waals surface area (Å²) in [6.45, 7) is 4.29. The minimum atomic E-state index is -0.468. The van der Waals surface area contributed by atoms with E-state index >= 15 is 0 Å². The van der Waals surface area contributed by atoms with Crippen LogP contribution in [0.25, 0.3) is 5.69 Å². The van der Waals surface area contributed by atoms with Crippen LogP contribution in [0.15, 0.2) is 58.3 Å². The van der Waals surface area contributed by atoms with Gasteiger partial charge in [0, 0.05) is 23.5 Å². The molecule has 3 rings (SSSR count). The number of nitrogens with one attached hydrogen (secondary N) is 1. The number of benzene rings is 2. The normalized spacial score (nSPS) is 11.5. The second-order valence-electron chi connectivity index (χ2n) is 6.88. The topological polar surface area (TPSA) is 103 Å². The van der Waals surface area contributed by atoms with Crippen LogP contribution in [-0.2, 0) is 13.0 Å². The quantitative estimate of drug-likeness (QED) is 0.345. The van der Waals surface area contributed by atoms with Crippen molar-refractivity contribution < 1.29 is 9.66 Å². The summed E-state index contributed by atoms with van der Waals surface area (Å²) < 4.78 is 6.65. The van der Waals surface area contributed by atoms with Crippen LogP contribution in [0.3, 0.4) is 0 Å². The number of non-ortho nitro benzene ring substituents is 1. The monoisotopic (exact) mass is 408 g/mol. The van der Waals surface area contributed by atoms with Crippen molar-refractivity contribution in [3.63, 3.8) is 0 Å². The number of ether oxygens (including phenoxy) is 1. The number of rotatable bonds is 8. The van der Waals surface area contributed by atoms with Crippen molar-refractivity contribution in [1.29, 1.82) is 0 Å². The molecule has 0 saturated carbocycles. The van der Waals surface area contributed by atoms with Crippen LogP contribution in [-0.4, -0.2) is 27.5 Å². The Labute approximate surface area is 174 Å². The molecular weight excluding hydrogens is 384 g/mol. The Kier molecular flexibility index (Phi) is 6.46. The summed E-state index contributed by atoms with van der Waals surface area (Å²) in [5.41, 5.74) is 3.25. The molecule has 2 aromatic carbocycles. The van der Waals surface area contributed by atoms with Crippen LogP contribution in [0.5, 0.6) is 5.75 Å². The van der Waals surface area contributed by atoms with Crippen molar-refractivity contribution >= 4 is 11.4 Å². The number of aromatic nitrogens is 2. The largest absolute Gasteiger partial charge is 0.497 e. The minimum absolute atomic E-state index is 0.0246. The highest BCUT2D eigenvalue weighted by Gasteiger charge is 2.18. The van der Waals surface area contributed by atoms with E-state index in [0.29, 0.717) is 29.9 Å². The van der Waals surface area contributed by atoms with E-state index in [1.807, 2.05) is 38.1 Å². The SMILES string of the molecule is CCCc1[nH]n(-c2ccc([N+](=O)[O-])cc2)c(=O)c1C(C)=NCc1cccc(OC)c1. The fraction of sp³-hybridized carbons (Fsp3) is 0.273. The van der Waals surface area contributed by atoms with E-state index in [4.69, 9.17) is 4.74 Å². The van der Waals surface area contributed by atoms with Crippen molar-refractivity contribution in [2.24, 2.45) is 4.99 Å². The summed E-state index contributed by atoms with van der Waals surface area (Å²) in [5.74, 6) is 0.759. The third-order valence-corrected chi connectivity index (χ3v) is 4.78. The van der Waals surface area contributed by atoms with Gasteiger partial charge in [-0.2, -0.15) is 0 Å². The summed E-state index contributed by atoms with van der Waals surface area (Å²) in [7, 11) is 1.62. The van der Waals surface area contributed by atoms with Gasteiger partial charge >= 0.3 is 0 Å². The molecule has 1 N–H and O–H groups in total. The zero-order valence-electron chi connectivity index (χ0n) is 17.2. The number of nitro groups is 1. The molecule has 0 spiro atoms. The summed E-state index contributed by atoms with van der Waals surface area (Å²) in [6.07, 6.45) is 1.55. The molecule has 0 fully saturated rings. The van der Waals surface area contributed by atoms with Crippen LogP contribution >= 0.6 is 0 Å². The van der Waals surface area contributed by atoms with E-state index < -0.39 is 4.92 Å². The Morgan fingerprint density at radius 1 is 1.23 bits per heavy atom.